The fourth-order valence-electron chi connectivity index (χ4n) is 3.08. The van der Waals surface area contributed by atoms with E-state index in [2.05, 4.69) is 27.1 Å². The van der Waals surface area contributed by atoms with Gasteiger partial charge in [0.1, 0.15) is 12.1 Å². The summed E-state index contributed by atoms with van der Waals surface area (Å²) in [5.74, 6) is 1.20. The van der Waals surface area contributed by atoms with Crippen molar-refractivity contribution < 1.29 is 0 Å². The van der Waals surface area contributed by atoms with Gasteiger partial charge < -0.3 is 10.2 Å². The van der Waals surface area contributed by atoms with Crippen LogP contribution in [0.1, 0.15) is 37.4 Å². The van der Waals surface area contributed by atoms with Crippen molar-refractivity contribution in [2.75, 3.05) is 24.5 Å². The number of piperazine rings is 1. The number of hydrogen-bond donors (Lipinski definition) is 1. The third-order valence-corrected chi connectivity index (χ3v) is 4.02. The van der Waals surface area contributed by atoms with Crippen LogP contribution in [0.4, 0.5) is 5.82 Å². The minimum Gasteiger partial charge on any atom is -0.353 e. The molecule has 1 saturated heterocycles. The molecule has 4 heteroatoms. The lowest BCUT2D eigenvalue weighted by Gasteiger charge is -2.34. The molecular formula is C14H22N4. The first kappa shape index (κ1) is 11.9. The zero-order valence-corrected chi connectivity index (χ0v) is 11.2. The van der Waals surface area contributed by atoms with Gasteiger partial charge in [-0.15, -0.1) is 0 Å². The predicted octanol–water partition coefficient (Wildman–Crippen LogP) is 1.54. The van der Waals surface area contributed by atoms with Crippen LogP contribution in [0.15, 0.2) is 6.33 Å². The molecule has 0 spiro atoms. The molecule has 98 valence electrons. The number of anilines is 1. The number of nitrogens with one attached hydrogen (secondary N) is 1. The molecule has 0 radical (unpaired) electrons. The lowest BCUT2D eigenvalue weighted by atomic mass is 10.1. The molecule has 1 N–H and O–H groups in total. The average molecular weight is 246 g/mol. The van der Waals surface area contributed by atoms with E-state index in [-0.39, 0.29) is 0 Å². The third-order valence-electron chi connectivity index (χ3n) is 4.02. The molecule has 2 heterocycles. The number of aryl methyl sites for hydroxylation is 1. The highest BCUT2D eigenvalue weighted by molar-refractivity contribution is 5.49. The molecule has 18 heavy (non-hydrogen) atoms. The molecule has 0 amide bonds. The van der Waals surface area contributed by atoms with E-state index in [0.29, 0.717) is 6.04 Å². The Hall–Kier alpha value is -1.16. The molecule has 1 aliphatic heterocycles. The summed E-state index contributed by atoms with van der Waals surface area (Å²) in [6.07, 6.45) is 7.94. The van der Waals surface area contributed by atoms with Crippen molar-refractivity contribution in [3.8, 4) is 0 Å². The number of aromatic nitrogens is 2. The quantitative estimate of drug-likeness (QED) is 0.763. The molecule has 2 aliphatic rings. The summed E-state index contributed by atoms with van der Waals surface area (Å²) in [5.41, 5.74) is 2.72. The maximum Gasteiger partial charge on any atom is 0.135 e. The Labute approximate surface area is 109 Å². The molecule has 1 aliphatic carbocycles. The van der Waals surface area contributed by atoms with Crippen molar-refractivity contribution in [1.82, 2.24) is 15.3 Å². The van der Waals surface area contributed by atoms with Crippen molar-refractivity contribution in [3.63, 3.8) is 0 Å². The molecule has 0 bridgehead atoms. The maximum atomic E-state index is 4.58. The molecular weight excluding hydrogens is 224 g/mol. The molecule has 0 saturated carbocycles. The van der Waals surface area contributed by atoms with E-state index in [1.807, 2.05) is 0 Å². The molecule has 3 rings (SSSR count). The van der Waals surface area contributed by atoms with Gasteiger partial charge in [0, 0.05) is 36.9 Å². The second-order valence-electron chi connectivity index (χ2n) is 5.48. The van der Waals surface area contributed by atoms with Gasteiger partial charge in [-0.1, -0.05) is 6.42 Å². The van der Waals surface area contributed by atoms with Crippen LogP contribution >= 0.6 is 0 Å². The van der Waals surface area contributed by atoms with Crippen molar-refractivity contribution in [1.29, 1.82) is 0 Å². The van der Waals surface area contributed by atoms with Crippen LogP contribution in [0.5, 0.6) is 0 Å². The van der Waals surface area contributed by atoms with E-state index in [0.717, 1.165) is 32.5 Å². The van der Waals surface area contributed by atoms with Crippen LogP contribution in [0.2, 0.25) is 0 Å². The Morgan fingerprint density at radius 1 is 1.22 bits per heavy atom. The van der Waals surface area contributed by atoms with E-state index >= 15 is 0 Å². The number of rotatable bonds is 1. The Morgan fingerprint density at radius 3 is 3.00 bits per heavy atom. The highest BCUT2D eigenvalue weighted by Gasteiger charge is 2.22. The Morgan fingerprint density at radius 2 is 2.11 bits per heavy atom. The van der Waals surface area contributed by atoms with Crippen LogP contribution < -0.4 is 10.2 Å². The fraction of sp³-hybridized carbons (Fsp3) is 0.714. The summed E-state index contributed by atoms with van der Waals surface area (Å²) in [4.78, 5) is 11.5. The summed E-state index contributed by atoms with van der Waals surface area (Å²) < 4.78 is 0. The number of fused-ring (bicyclic) bond motifs is 1. The first-order valence-electron chi connectivity index (χ1n) is 7.15. The van der Waals surface area contributed by atoms with E-state index < -0.39 is 0 Å². The molecule has 1 aromatic rings. The Balaban J connectivity index is 1.91. The van der Waals surface area contributed by atoms with Crippen LogP contribution in [-0.4, -0.2) is 35.6 Å². The van der Waals surface area contributed by atoms with Gasteiger partial charge in [-0.3, -0.25) is 0 Å². The standard InChI is InChI=1S/C14H22N4/c1-11-9-18(8-7-15-11)14-12-5-3-2-4-6-13(12)16-10-17-14/h10-11,15H,2-9H2,1H3. The van der Waals surface area contributed by atoms with Crippen LogP contribution in [0, 0.1) is 0 Å². The van der Waals surface area contributed by atoms with E-state index in [1.54, 1.807) is 6.33 Å². The topological polar surface area (TPSA) is 41.1 Å². The van der Waals surface area contributed by atoms with Gasteiger partial charge in [0.25, 0.3) is 0 Å². The SMILES string of the molecule is CC1CN(c2ncnc3c2CCCCC3)CCN1. The largest absolute Gasteiger partial charge is 0.353 e. The summed E-state index contributed by atoms with van der Waals surface area (Å²) in [5, 5.41) is 3.49. The lowest BCUT2D eigenvalue weighted by Crippen LogP contribution is -2.49. The van der Waals surface area contributed by atoms with E-state index in [1.165, 1.54) is 36.3 Å². The molecule has 1 unspecified atom stereocenters. The van der Waals surface area contributed by atoms with Gasteiger partial charge in [-0.25, -0.2) is 9.97 Å². The molecule has 4 nitrogen and oxygen atoms in total. The minimum atomic E-state index is 0.551. The summed E-state index contributed by atoms with van der Waals surface area (Å²) in [6.45, 7) is 5.42. The first-order chi connectivity index (χ1) is 8.84. The van der Waals surface area contributed by atoms with Crippen molar-refractivity contribution in [2.45, 2.75) is 45.1 Å². The smallest absolute Gasteiger partial charge is 0.135 e. The predicted molar refractivity (Wildman–Crippen MR) is 73.0 cm³/mol. The minimum absolute atomic E-state index is 0.551. The Bertz CT molecular complexity index is 418. The van der Waals surface area contributed by atoms with Gasteiger partial charge in [0.15, 0.2) is 0 Å². The number of hydrogen-bond acceptors (Lipinski definition) is 4. The summed E-state index contributed by atoms with van der Waals surface area (Å²) in [7, 11) is 0. The number of nitrogens with zero attached hydrogens (tertiary/aromatic N) is 3. The van der Waals surface area contributed by atoms with Crippen LogP contribution in [-0.2, 0) is 12.8 Å². The van der Waals surface area contributed by atoms with Crippen molar-refractivity contribution in [3.05, 3.63) is 17.6 Å². The second kappa shape index (κ2) is 5.22. The summed E-state index contributed by atoms with van der Waals surface area (Å²) in [6, 6.07) is 0.551. The molecule has 1 aromatic heterocycles. The van der Waals surface area contributed by atoms with E-state index in [4.69, 9.17) is 0 Å². The maximum absolute atomic E-state index is 4.58. The molecule has 1 atom stereocenters. The van der Waals surface area contributed by atoms with Gasteiger partial charge in [0.2, 0.25) is 0 Å². The highest BCUT2D eigenvalue weighted by Crippen LogP contribution is 2.26. The van der Waals surface area contributed by atoms with Gasteiger partial charge in [0.05, 0.1) is 0 Å². The normalized spacial score (nSPS) is 24.5. The third kappa shape index (κ3) is 2.34. The molecule has 1 fully saturated rings. The van der Waals surface area contributed by atoms with E-state index in [9.17, 15) is 0 Å². The first-order valence-corrected chi connectivity index (χ1v) is 7.15. The summed E-state index contributed by atoms with van der Waals surface area (Å²) >= 11 is 0. The Kier molecular flexibility index (Phi) is 3.46. The zero-order valence-electron chi connectivity index (χ0n) is 11.2. The van der Waals surface area contributed by atoms with Crippen molar-refractivity contribution >= 4 is 5.82 Å². The molecule has 0 aromatic carbocycles. The fourth-order valence-corrected chi connectivity index (χ4v) is 3.08. The zero-order chi connectivity index (χ0) is 12.4. The van der Waals surface area contributed by atoms with Gasteiger partial charge >= 0.3 is 0 Å². The monoisotopic (exact) mass is 246 g/mol. The second-order valence-corrected chi connectivity index (χ2v) is 5.48. The van der Waals surface area contributed by atoms with Gasteiger partial charge in [-0.2, -0.15) is 0 Å². The lowest BCUT2D eigenvalue weighted by molar-refractivity contribution is 0.481. The van der Waals surface area contributed by atoms with Crippen molar-refractivity contribution in [2.24, 2.45) is 0 Å². The highest BCUT2D eigenvalue weighted by atomic mass is 15.2. The van der Waals surface area contributed by atoms with Crippen LogP contribution in [0.25, 0.3) is 0 Å². The van der Waals surface area contributed by atoms with Gasteiger partial charge in [-0.05, 0) is 32.6 Å². The van der Waals surface area contributed by atoms with Crippen LogP contribution in [0.3, 0.4) is 0 Å². The average Bonchev–Trinajstić information content (AvgIpc) is 2.63.